The Balaban J connectivity index is 1.24. The lowest BCUT2D eigenvalue weighted by atomic mass is 9.70. The molecule has 0 aromatic heterocycles. The minimum absolute atomic E-state index is 0.00270. The van der Waals surface area contributed by atoms with E-state index in [1.165, 1.54) is 32.1 Å². The van der Waals surface area contributed by atoms with Crippen LogP contribution in [0.3, 0.4) is 0 Å². The van der Waals surface area contributed by atoms with E-state index in [4.69, 9.17) is 18.9 Å². The largest absolute Gasteiger partial charge is 0.393 e. The van der Waals surface area contributed by atoms with Gasteiger partial charge in [0.1, 0.15) is 0 Å². The normalized spacial score (nSPS) is 40.0. The van der Waals surface area contributed by atoms with Crippen molar-refractivity contribution in [1.82, 2.24) is 10.2 Å². The van der Waals surface area contributed by atoms with Gasteiger partial charge in [-0.15, -0.1) is 0 Å². The highest BCUT2D eigenvalue weighted by molar-refractivity contribution is 5.80. The molecule has 5 rings (SSSR count). The van der Waals surface area contributed by atoms with Gasteiger partial charge in [-0.1, -0.05) is 19.3 Å². The van der Waals surface area contributed by atoms with Gasteiger partial charge in [0.05, 0.1) is 50.2 Å². The van der Waals surface area contributed by atoms with Crippen molar-refractivity contribution in [3.8, 4) is 0 Å². The second-order valence-corrected chi connectivity index (χ2v) is 12.9. The van der Waals surface area contributed by atoms with Crippen molar-refractivity contribution in [1.29, 1.82) is 0 Å². The van der Waals surface area contributed by atoms with Gasteiger partial charge in [0.15, 0.2) is 0 Å². The summed E-state index contributed by atoms with van der Waals surface area (Å²) in [6, 6.07) is 0.605. The van der Waals surface area contributed by atoms with Crippen LogP contribution in [0.5, 0.6) is 0 Å². The van der Waals surface area contributed by atoms with Gasteiger partial charge in [0.2, 0.25) is 5.91 Å². The number of ether oxygens (including phenoxy) is 4. The van der Waals surface area contributed by atoms with Crippen LogP contribution in [0.1, 0.15) is 70.6 Å². The van der Waals surface area contributed by atoms with Crippen LogP contribution in [0.4, 0.5) is 0 Å². The maximum atomic E-state index is 14.0. The summed E-state index contributed by atoms with van der Waals surface area (Å²) in [6.45, 7) is 4.76. The lowest BCUT2D eigenvalue weighted by Crippen LogP contribution is -2.60. The molecule has 9 heteroatoms. The third-order valence-electron chi connectivity index (χ3n) is 10.1. The fraction of sp³-hybridized carbons (Fsp3) is 0.967. The highest BCUT2D eigenvalue weighted by Crippen LogP contribution is 2.40. The molecule has 2 heterocycles. The standard InChI is InChI=1S/C30H52N2O7/c1-36-11-12-38-24-13-21-7-9-32(17-25(21)26(16-24)31-22-8-10-37-19-22)30(35)29-27(34)14-23(33)15-28(29)39-18-20-5-3-2-4-6-20/h20-29,31,33-34H,2-19H2,1H3/t21?,22-,23?,24?,25?,26?,27?,28?,29?/m1/s1. The van der Waals surface area contributed by atoms with Gasteiger partial charge in [-0.2, -0.15) is 0 Å². The number of aliphatic hydroxyl groups excluding tert-OH is 2. The minimum atomic E-state index is -0.871. The summed E-state index contributed by atoms with van der Waals surface area (Å²) in [7, 11) is 1.70. The number of likely N-dealkylation sites (tertiary alicyclic amines) is 1. The molecule has 224 valence electrons. The first kappa shape index (κ1) is 29.7. The van der Waals surface area contributed by atoms with E-state index in [1.807, 2.05) is 4.90 Å². The topological polar surface area (TPSA) is 110 Å². The number of hydrogen-bond acceptors (Lipinski definition) is 8. The number of carbonyl (C=O) groups excluding carboxylic acids is 1. The molecule has 0 aromatic carbocycles. The summed E-state index contributed by atoms with van der Waals surface area (Å²) in [4.78, 5) is 16.0. The molecule has 2 aliphatic heterocycles. The number of nitrogens with one attached hydrogen (secondary N) is 1. The molecule has 8 unspecified atom stereocenters. The highest BCUT2D eigenvalue weighted by Gasteiger charge is 2.47. The van der Waals surface area contributed by atoms with Crippen LogP contribution >= 0.6 is 0 Å². The van der Waals surface area contributed by atoms with E-state index >= 15 is 0 Å². The second-order valence-electron chi connectivity index (χ2n) is 12.9. The number of amides is 1. The van der Waals surface area contributed by atoms with Crippen LogP contribution in [-0.2, 0) is 23.7 Å². The molecule has 5 aliphatic rings. The maximum absolute atomic E-state index is 14.0. The molecule has 3 saturated carbocycles. The summed E-state index contributed by atoms with van der Waals surface area (Å²) in [5, 5.41) is 25.3. The van der Waals surface area contributed by atoms with Crippen LogP contribution in [0.2, 0.25) is 0 Å². The lowest BCUT2D eigenvalue weighted by molar-refractivity contribution is -0.163. The van der Waals surface area contributed by atoms with Gasteiger partial charge < -0.3 is 39.4 Å². The zero-order chi connectivity index (χ0) is 27.2. The first-order chi connectivity index (χ1) is 19.0. The third-order valence-corrected chi connectivity index (χ3v) is 10.1. The van der Waals surface area contributed by atoms with Crippen molar-refractivity contribution in [2.45, 2.75) is 107 Å². The van der Waals surface area contributed by atoms with E-state index in [1.54, 1.807) is 7.11 Å². The van der Waals surface area contributed by atoms with E-state index < -0.39 is 24.2 Å². The molecular weight excluding hydrogens is 500 g/mol. The maximum Gasteiger partial charge on any atom is 0.230 e. The molecule has 0 aromatic rings. The Morgan fingerprint density at radius 2 is 1.85 bits per heavy atom. The second kappa shape index (κ2) is 14.4. The van der Waals surface area contributed by atoms with Crippen LogP contribution in [0, 0.1) is 23.7 Å². The summed E-state index contributed by atoms with van der Waals surface area (Å²) in [5.41, 5.74) is 0. The zero-order valence-electron chi connectivity index (χ0n) is 23.9. The summed E-state index contributed by atoms with van der Waals surface area (Å²) in [6.07, 6.45) is 8.95. The number of aliphatic hydroxyl groups is 2. The number of fused-ring (bicyclic) bond motifs is 1. The van der Waals surface area contributed by atoms with E-state index in [0.717, 1.165) is 38.9 Å². The Labute approximate surface area is 234 Å². The minimum Gasteiger partial charge on any atom is -0.393 e. The lowest BCUT2D eigenvalue weighted by Gasteiger charge is -2.49. The smallest absolute Gasteiger partial charge is 0.230 e. The van der Waals surface area contributed by atoms with Crippen molar-refractivity contribution >= 4 is 5.91 Å². The predicted octanol–water partition coefficient (Wildman–Crippen LogP) is 2.12. The summed E-state index contributed by atoms with van der Waals surface area (Å²) in [5.74, 6) is 0.763. The number of carbonyl (C=O) groups is 1. The summed E-state index contributed by atoms with van der Waals surface area (Å²) >= 11 is 0. The Bertz CT molecular complexity index is 760. The first-order valence-corrected chi connectivity index (χ1v) is 15.7. The number of piperidine rings is 1. The molecule has 39 heavy (non-hydrogen) atoms. The van der Waals surface area contributed by atoms with Crippen LogP contribution in [0.25, 0.3) is 0 Å². The molecule has 0 spiro atoms. The van der Waals surface area contributed by atoms with Crippen LogP contribution in [0.15, 0.2) is 0 Å². The monoisotopic (exact) mass is 552 g/mol. The van der Waals surface area contributed by atoms with E-state index in [-0.39, 0.29) is 24.5 Å². The molecule has 0 bridgehead atoms. The molecule has 1 amide bonds. The van der Waals surface area contributed by atoms with Gasteiger partial charge in [0, 0.05) is 58.3 Å². The fourth-order valence-electron chi connectivity index (χ4n) is 7.97. The van der Waals surface area contributed by atoms with Crippen LogP contribution in [-0.4, -0.2) is 111 Å². The quantitative estimate of drug-likeness (QED) is 0.354. The fourth-order valence-corrected chi connectivity index (χ4v) is 7.97. The van der Waals surface area contributed by atoms with Crippen LogP contribution < -0.4 is 5.32 Å². The summed E-state index contributed by atoms with van der Waals surface area (Å²) < 4.78 is 23.4. The molecule has 0 radical (unpaired) electrons. The highest BCUT2D eigenvalue weighted by atomic mass is 16.5. The molecule has 3 N–H and O–H groups in total. The number of rotatable bonds is 10. The van der Waals surface area contributed by atoms with Gasteiger partial charge in [0.25, 0.3) is 0 Å². The van der Waals surface area contributed by atoms with E-state index in [0.29, 0.717) is 63.1 Å². The van der Waals surface area contributed by atoms with E-state index in [2.05, 4.69) is 5.32 Å². The Hall–Kier alpha value is -0.810. The van der Waals surface area contributed by atoms with Crippen molar-refractivity contribution in [2.75, 3.05) is 53.2 Å². The number of nitrogens with zero attached hydrogens (tertiary/aromatic N) is 1. The first-order valence-electron chi connectivity index (χ1n) is 15.7. The SMILES string of the molecule is COCCOC1CC2CCN(C(=O)C3C(O)CC(O)CC3OCC3CCCCC3)CC2C(N[C@@H]2CCOC2)C1. The predicted molar refractivity (Wildman–Crippen MR) is 146 cm³/mol. The zero-order valence-corrected chi connectivity index (χ0v) is 23.9. The van der Waals surface area contributed by atoms with Crippen molar-refractivity contribution in [3.05, 3.63) is 0 Å². The molecule has 3 aliphatic carbocycles. The third kappa shape index (κ3) is 7.73. The van der Waals surface area contributed by atoms with Crippen molar-refractivity contribution in [2.24, 2.45) is 23.7 Å². The van der Waals surface area contributed by atoms with Gasteiger partial charge in [-0.3, -0.25) is 4.79 Å². The van der Waals surface area contributed by atoms with Crippen molar-refractivity contribution < 1.29 is 34.0 Å². The number of methoxy groups -OCH3 is 1. The van der Waals surface area contributed by atoms with E-state index in [9.17, 15) is 15.0 Å². The average Bonchev–Trinajstić information content (AvgIpc) is 3.45. The van der Waals surface area contributed by atoms with Crippen molar-refractivity contribution in [3.63, 3.8) is 0 Å². The Kier molecular flexibility index (Phi) is 10.9. The molecule has 5 fully saturated rings. The Morgan fingerprint density at radius 1 is 1.00 bits per heavy atom. The number of hydrogen-bond donors (Lipinski definition) is 3. The average molecular weight is 553 g/mol. The van der Waals surface area contributed by atoms with Gasteiger partial charge >= 0.3 is 0 Å². The molecule has 2 saturated heterocycles. The van der Waals surface area contributed by atoms with Gasteiger partial charge in [-0.25, -0.2) is 0 Å². The molecular formula is C30H52N2O7. The van der Waals surface area contributed by atoms with Gasteiger partial charge in [-0.05, 0) is 56.3 Å². The molecule has 9 atom stereocenters. The Morgan fingerprint density at radius 3 is 2.62 bits per heavy atom. The molecule has 9 nitrogen and oxygen atoms in total.